The number of nitrogens with zero attached hydrogens (tertiary/aromatic N) is 4. The molecule has 0 N–H and O–H groups in total. The Labute approximate surface area is 119 Å². The molecule has 0 spiro atoms. The van der Waals surface area contributed by atoms with Gasteiger partial charge in [0.15, 0.2) is 5.60 Å². The average Bonchev–Trinajstić information content (AvgIpc) is 2.37. The minimum absolute atomic E-state index is 0.000989. The first-order chi connectivity index (χ1) is 9.40. The predicted octanol–water partition coefficient (Wildman–Crippen LogP) is 0.464. The van der Waals surface area contributed by atoms with Gasteiger partial charge in [-0.2, -0.15) is 0 Å². The molecule has 1 amide bonds. The molecule has 0 radical (unpaired) electrons. The van der Waals surface area contributed by atoms with Gasteiger partial charge in [-0.1, -0.05) is 0 Å². The standard InChI is InChI=1S/C14H22N4O2/c1-11-15-6-5-12(16-11)9-18-7-8-20-14(2,10-18)13(19)17(3)4/h5-6H,7-10H2,1-4H3. The summed E-state index contributed by atoms with van der Waals surface area (Å²) in [6.07, 6.45) is 1.77. The maximum absolute atomic E-state index is 12.2. The third-order valence-electron chi connectivity index (χ3n) is 3.43. The van der Waals surface area contributed by atoms with Crippen molar-refractivity contribution in [3.05, 3.63) is 23.8 Å². The fraction of sp³-hybridized carbons (Fsp3) is 0.643. The molecule has 2 rings (SSSR count). The molecule has 1 atom stereocenters. The van der Waals surface area contributed by atoms with E-state index in [0.29, 0.717) is 19.7 Å². The molecule has 1 aromatic rings. The number of hydrogen-bond donors (Lipinski definition) is 0. The van der Waals surface area contributed by atoms with Gasteiger partial charge in [-0.15, -0.1) is 0 Å². The van der Waals surface area contributed by atoms with Gasteiger partial charge in [-0.3, -0.25) is 9.69 Å². The van der Waals surface area contributed by atoms with Gasteiger partial charge < -0.3 is 9.64 Å². The fourth-order valence-corrected chi connectivity index (χ4v) is 2.51. The molecule has 2 heterocycles. The molecule has 1 unspecified atom stereocenters. The molecule has 0 aliphatic carbocycles. The maximum atomic E-state index is 12.2. The molecule has 1 aliphatic heterocycles. The van der Waals surface area contributed by atoms with Crippen LogP contribution in [-0.2, 0) is 16.1 Å². The van der Waals surface area contributed by atoms with E-state index in [1.165, 1.54) is 0 Å². The smallest absolute Gasteiger partial charge is 0.255 e. The van der Waals surface area contributed by atoms with Crippen molar-refractivity contribution in [1.29, 1.82) is 0 Å². The zero-order valence-corrected chi connectivity index (χ0v) is 12.6. The van der Waals surface area contributed by atoms with Crippen LogP contribution in [-0.4, -0.2) is 65.1 Å². The first-order valence-electron chi connectivity index (χ1n) is 6.77. The molecule has 0 aromatic carbocycles. The zero-order valence-electron chi connectivity index (χ0n) is 12.6. The Bertz CT molecular complexity index is 492. The molecule has 1 aliphatic rings. The van der Waals surface area contributed by atoms with Crippen molar-refractivity contribution in [2.75, 3.05) is 33.8 Å². The second kappa shape index (κ2) is 5.85. The van der Waals surface area contributed by atoms with Gasteiger partial charge in [0.25, 0.3) is 5.91 Å². The Kier molecular flexibility index (Phi) is 4.35. The lowest BCUT2D eigenvalue weighted by Gasteiger charge is -2.40. The van der Waals surface area contributed by atoms with Crippen LogP contribution in [0.1, 0.15) is 18.4 Å². The highest BCUT2D eigenvalue weighted by atomic mass is 16.5. The molecule has 20 heavy (non-hydrogen) atoms. The second-order valence-electron chi connectivity index (χ2n) is 5.58. The van der Waals surface area contributed by atoms with Crippen molar-refractivity contribution in [1.82, 2.24) is 19.8 Å². The summed E-state index contributed by atoms with van der Waals surface area (Å²) >= 11 is 0. The SMILES string of the molecule is Cc1nccc(CN2CCOC(C)(C(=O)N(C)C)C2)n1. The van der Waals surface area contributed by atoms with E-state index in [2.05, 4.69) is 14.9 Å². The summed E-state index contributed by atoms with van der Waals surface area (Å²) in [5.74, 6) is 0.768. The van der Waals surface area contributed by atoms with E-state index in [-0.39, 0.29) is 5.91 Å². The van der Waals surface area contributed by atoms with Gasteiger partial charge in [0.05, 0.1) is 12.3 Å². The molecule has 6 nitrogen and oxygen atoms in total. The molecule has 110 valence electrons. The number of morpholine rings is 1. The number of hydrogen-bond acceptors (Lipinski definition) is 5. The van der Waals surface area contributed by atoms with Gasteiger partial charge in [0.2, 0.25) is 0 Å². The summed E-state index contributed by atoms with van der Waals surface area (Å²) in [5, 5.41) is 0. The van der Waals surface area contributed by atoms with Crippen LogP contribution in [0.25, 0.3) is 0 Å². The van der Waals surface area contributed by atoms with Crippen molar-refractivity contribution >= 4 is 5.91 Å². The van der Waals surface area contributed by atoms with Crippen molar-refractivity contribution < 1.29 is 9.53 Å². The van der Waals surface area contributed by atoms with Gasteiger partial charge in [0, 0.05) is 39.9 Å². The number of aryl methyl sites for hydroxylation is 1. The Morgan fingerprint density at radius 1 is 1.55 bits per heavy atom. The molecule has 0 saturated carbocycles. The molecular formula is C14H22N4O2. The number of carbonyl (C=O) groups is 1. The number of amides is 1. The van der Waals surface area contributed by atoms with Crippen LogP contribution in [0.5, 0.6) is 0 Å². The van der Waals surface area contributed by atoms with Crippen molar-refractivity contribution in [3.63, 3.8) is 0 Å². The van der Waals surface area contributed by atoms with E-state index < -0.39 is 5.60 Å². The van der Waals surface area contributed by atoms with Crippen molar-refractivity contribution in [2.24, 2.45) is 0 Å². The number of carbonyl (C=O) groups excluding carboxylic acids is 1. The third-order valence-corrected chi connectivity index (χ3v) is 3.43. The minimum atomic E-state index is -0.774. The van der Waals surface area contributed by atoms with Crippen LogP contribution in [0.2, 0.25) is 0 Å². The predicted molar refractivity (Wildman–Crippen MR) is 75.1 cm³/mol. The summed E-state index contributed by atoms with van der Waals surface area (Å²) in [6.45, 7) is 6.38. The van der Waals surface area contributed by atoms with E-state index in [0.717, 1.165) is 18.1 Å². The monoisotopic (exact) mass is 278 g/mol. The van der Waals surface area contributed by atoms with Gasteiger partial charge in [0.1, 0.15) is 5.82 Å². The minimum Gasteiger partial charge on any atom is -0.363 e. The lowest BCUT2D eigenvalue weighted by molar-refractivity contribution is -0.165. The third kappa shape index (κ3) is 3.32. The number of ether oxygens (including phenoxy) is 1. The Morgan fingerprint density at radius 2 is 2.30 bits per heavy atom. The van der Waals surface area contributed by atoms with Crippen LogP contribution in [0, 0.1) is 6.92 Å². The maximum Gasteiger partial charge on any atom is 0.255 e. The first kappa shape index (κ1) is 14.9. The summed E-state index contributed by atoms with van der Waals surface area (Å²) in [4.78, 5) is 24.5. The Hall–Kier alpha value is -1.53. The molecule has 1 fully saturated rings. The van der Waals surface area contributed by atoms with Crippen molar-refractivity contribution in [3.8, 4) is 0 Å². The fourth-order valence-electron chi connectivity index (χ4n) is 2.51. The number of rotatable bonds is 3. The van der Waals surface area contributed by atoms with Crippen LogP contribution in [0.4, 0.5) is 0 Å². The Balaban J connectivity index is 2.05. The zero-order chi connectivity index (χ0) is 14.8. The van der Waals surface area contributed by atoms with Crippen LogP contribution in [0.3, 0.4) is 0 Å². The largest absolute Gasteiger partial charge is 0.363 e. The van der Waals surface area contributed by atoms with E-state index in [1.54, 1.807) is 25.2 Å². The van der Waals surface area contributed by atoms with Crippen LogP contribution < -0.4 is 0 Å². The average molecular weight is 278 g/mol. The highest BCUT2D eigenvalue weighted by molar-refractivity contribution is 5.84. The summed E-state index contributed by atoms with van der Waals surface area (Å²) in [6, 6.07) is 1.91. The molecular weight excluding hydrogens is 256 g/mol. The van der Waals surface area contributed by atoms with Gasteiger partial charge in [-0.05, 0) is 19.9 Å². The van der Waals surface area contributed by atoms with E-state index in [4.69, 9.17) is 4.74 Å². The lowest BCUT2D eigenvalue weighted by Crippen LogP contribution is -2.57. The summed E-state index contributed by atoms with van der Waals surface area (Å²) in [7, 11) is 3.51. The van der Waals surface area contributed by atoms with Crippen molar-refractivity contribution in [2.45, 2.75) is 26.0 Å². The van der Waals surface area contributed by atoms with E-state index in [9.17, 15) is 4.79 Å². The summed E-state index contributed by atoms with van der Waals surface area (Å²) in [5.41, 5.74) is 0.197. The normalized spacial score (nSPS) is 23.6. The molecule has 1 aromatic heterocycles. The summed E-state index contributed by atoms with van der Waals surface area (Å²) < 4.78 is 5.71. The quantitative estimate of drug-likeness (QED) is 0.804. The topological polar surface area (TPSA) is 58.6 Å². The van der Waals surface area contributed by atoms with Gasteiger partial charge in [-0.25, -0.2) is 9.97 Å². The first-order valence-corrected chi connectivity index (χ1v) is 6.77. The van der Waals surface area contributed by atoms with Crippen LogP contribution >= 0.6 is 0 Å². The highest BCUT2D eigenvalue weighted by Crippen LogP contribution is 2.20. The second-order valence-corrected chi connectivity index (χ2v) is 5.58. The molecule has 1 saturated heterocycles. The van der Waals surface area contributed by atoms with Crippen LogP contribution in [0.15, 0.2) is 12.3 Å². The Morgan fingerprint density at radius 3 is 2.95 bits per heavy atom. The lowest BCUT2D eigenvalue weighted by atomic mass is 10.0. The van der Waals surface area contributed by atoms with Gasteiger partial charge >= 0.3 is 0 Å². The van der Waals surface area contributed by atoms with E-state index >= 15 is 0 Å². The molecule has 6 heteroatoms. The molecule has 0 bridgehead atoms. The highest BCUT2D eigenvalue weighted by Gasteiger charge is 2.40. The number of aromatic nitrogens is 2. The number of likely N-dealkylation sites (N-methyl/N-ethyl adjacent to an activating group) is 1. The van der Waals surface area contributed by atoms with E-state index in [1.807, 2.05) is 19.9 Å².